The number of ketones is 1. The van der Waals surface area contributed by atoms with Crippen LogP contribution >= 0.6 is 0 Å². The summed E-state index contributed by atoms with van der Waals surface area (Å²) < 4.78 is 14.2. The molecular weight excluding hydrogens is 661 g/mol. The van der Waals surface area contributed by atoms with E-state index in [9.17, 15) is 9.90 Å². The zero-order chi connectivity index (χ0) is 38.4. The van der Waals surface area contributed by atoms with Crippen LogP contribution < -0.4 is 0 Å². The van der Waals surface area contributed by atoms with Gasteiger partial charge in [-0.2, -0.15) is 0 Å². The van der Waals surface area contributed by atoms with Gasteiger partial charge in [0.1, 0.15) is 5.78 Å². The van der Waals surface area contributed by atoms with E-state index in [1.165, 1.54) is 31.3 Å². The number of hydrogen-bond donors (Lipinski definition) is 1. The van der Waals surface area contributed by atoms with Gasteiger partial charge in [0.05, 0.1) is 23.7 Å². The summed E-state index contributed by atoms with van der Waals surface area (Å²) in [6.45, 7) is 37.5. The van der Waals surface area contributed by atoms with E-state index in [0.717, 1.165) is 50.5 Å². The van der Waals surface area contributed by atoms with Crippen LogP contribution in [0, 0.1) is 28.1 Å². The summed E-state index contributed by atoms with van der Waals surface area (Å²) in [7, 11) is -3.98. The SMILES string of the molecule is C=C1/C(=C\C=C2/CCC[C@]3(C)[C@@H](C(C)(C)/C=C/C(O)C4(C(=O)CCCC)CC4)CC[C@@H]23)C[C@@H](O[Si](C)(C)C(C)(C)C)C[C@@H]1O[Si](C)(C)C(C)(C)C. The summed E-state index contributed by atoms with van der Waals surface area (Å²) in [5.41, 5.74) is 3.68. The maximum atomic E-state index is 13.0. The first kappa shape index (κ1) is 42.7. The van der Waals surface area contributed by atoms with Crippen LogP contribution in [0.25, 0.3) is 0 Å². The van der Waals surface area contributed by atoms with E-state index in [0.29, 0.717) is 18.3 Å². The number of aliphatic hydroxyl groups is 1. The van der Waals surface area contributed by atoms with Crippen LogP contribution in [0.2, 0.25) is 36.3 Å². The molecule has 0 aromatic heterocycles. The van der Waals surface area contributed by atoms with E-state index in [-0.39, 0.29) is 38.9 Å². The highest BCUT2D eigenvalue weighted by molar-refractivity contribution is 6.74. The molecule has 6 atom stereocenters. The molecule has 1 N–H and O–H groups in total. The van der Waals surface area contributed by atoms with Crippen molar-refractivity contribution < 1.29 is 18.8 Å². The van der Waals surface area contributed by atoms with Gasteiger partial charge in [-0.3, -0.25) is 4.79 Å². The summed E-state index contributed by atoms with van der Waals surface area (Å²) in [6.07, 6.45) is 20.6. The number of fused-ring (bicyclic) bond motifs is 1. The molecule has 0 aromatic carbocycles. The van der Waals surface area contributed by atoms with E-state index in [1.807, 2.05) is 6.08 Å². The van der Waals surface area contributed by atoms with Crippen molar-refractivity contribution in [1.82, 2.24) is 0 Å². The second-order valence-electron chi connectivity index (χ2n) is 21.1. The van der Waals surface area contributed by atoms with E-state index in [1.54, 1.807) is 5.57 Å². The number of allylic oxidation sites excluding steroid dienone is 4. The van der Waals surface area contributed by atoms with E-state index >= 15 is 0 Å². The Morgan fingerprint density at radius 1 is 0.961 bits per heavy atom. The highest BCUT2D eigenvalue weighted by Crippen LogP contribution is 2.62. The third-order valence-corrected chi connectivity index (χ3v) is 24.0. The first-order valence-corrected chi connectivity index (χ1v) is 26.5. The van der Waals surface area contributed by atoms with Crippen LogP contribution in [0.4, 0.5) is 0 Å². The van der Waals surface area contributed by atoms with Crippen molar-refractivity contribution in [3.05, 3.63) is 47.6 Å². The molecule has 0 aliphatic heterocycles. The summed E-state index contributed by atoms with van der Waals surface area (Å²) >= 11 is 0. The van der Waals surface area contributed by atoms with Crippen LogP contribution in [0.5, 0.6) is 0 Å². The molecule has 0 bridgehead atoms. The molecule has 4 fully saturated rings. The lowest BCUT2D eigenvalue weighted by Gasteiger charge is -2.47. The summed E-state index contributed by atoms with van der Waals surface area (Å²) in [4.78, 5) is 13.0. The number of carbonyl (C=O) groups excluding carboxylic acids is 1. The number of carbonyl (C=O) groups is 1. The first-order chi connectivity index (χ1) is 23.3. The topological polar surface area (TPSA) is 55.8 Å². The van der Waals surface area contributed by atoms with Crippen molar-refractivity contribution in [1.29, 1.82) is 0 Å². The molecule has 1 unspecified atom stereocenters. The van der Waals surface area contributed by atoms with Gasteiger partial charge < -0.3 is 14.0 Å². The Morgan fingerprint density at radius 2 is 1.57 bits per heavy atom. The third-order valence-electron chi connectivity index (χ3n) is 15.0. The van der Waals surface area contributed by atoms with Gasteiger partial charge in [0.2, 0.25) is 0 Å². The molecule has 0 amide bonds. The Labute approximate surface area is 316 Å². The molecule has 290 valence electrons. The van der Waals surface area contributed by atoms with E-state index in [4.69, 9.17) is 15.4 Å². The smallest absolute Gasteiger partial charge is 0.192 e. The number of unbranched alkanes of at least 4 members (excludes halogenated alkanes) is 1. The van der Waals surface area contributed by atoms with Gasteiger partial charge in [0, 0.05) is 12.8 Å². The van der Waals surface area contributed by atoms with Gasteiger partial charge in [-0.15, -0.1) is 0 Å². The van der Waals surface area contributed by atoms with Crippen molar-refractivity contribution in [3.8, 4) is 0 Å². The second kappa shape index (κ2) is 15.2. The van der Waals surface area contributed by atoms with Crippen LogP contribution in [0.15, 0.2) is 47.6 Å². The summed E-state index contributed by atoms with van der Waals surface area (Å²) in [5.74, 6) is 1.35. The van der Waals surface area contributed by atoms with E-state index in [2.05, 4.69) is 114 Å². The Hall–Kier alpha value is -1.06. The predicted molar refractivity (Wildman–Crippen MR) is 222 cm³/mol. The molecule has 4 aliphatic carbocycles. The minimum atomic E-state index is -2.02. The van der Waals surface area contributed by atoms with Crippen molar-refractivity contribution in [2.24, 2.45) is 28.1 Å². The standard InChI is InChI=1S/C45H78O4Si2/c1-16-17-20-39(46)45(28-29-45)40(47)25-27-43(9,10)38-24-23-36-33(19-18-26-44(36,38)11)21-22-34-30-35(48-50(12,13)41(3,4)5)31-37(32(34)2)49-51(14,15)42(6,7)8/h21-22,25,27,35-38,40,47H,2,16-20,23-24,26,28-31H2,1,3-15H3/b27-25+,33-21+,34-22-/t35-,36+,37+,38-,40?,44+/m1/s1. The molecule has 4 nitrogen and oxygen atoms in total. The lowest BCUT2D eigenvalue weighted by atomic mass is 9.57. The number of rotatable bonds is 13. The predicted octanol–water partition coefficient (Wildman–Crippen LogP) is 12.7. The monoisotopic (exact) mass is 739 g/mol. The zero-order valence-electron chi connectivity index (χ0n) is 35.6. The summed E-state index contributed by atoms with van der Waals surface area (Å²) in [5, 5.41) is 11.5. The molecule has 51 heavy (non-hydrogen) atoms. The van der Waals surface area contributed by atoms with Gasteiger partial charge in [-0.25, -0.2) is 0 Å². The Kier molecular flexibility index (Phi) is 12.7. The van der Waals surface area contributed by atoms with Crippen molar-refractivity contribution in [3.63, 3.8) is 0 Å². The number of hydrogen-bond acceptors (Lipinski definition) is 4. The Morgan fingerprint density at radius 3 is 2.14 bits per heavy atom. The lowest BCUT2D eigenvalue weighted by molar-refractivity contribution is -0.127. The van der Waals surface area contributed by atoms with Gasteiger partial charge >= 0.3 is 0 Å². The molecule has 0 saturated heterocycles. The van der Waals surface area contributed by atoms with Gasteiger partial charge in [0.25, 0.3) is 0 Å². The summed E-state index contributed by atoms with van der Waals surface area (Å²) in [6, 6.07) is 0. The van der Waals surface area contributed by atoms with Crippen LogP contribution in [0.1, 0.15) is 146 Å². The average Bonchev–Trinajstić information content (AvgIpc) is 3.73. The fraction of sp³-hybridized carbons (Fsp3) is 0.800. The molecule has 4 aliphatic rings. The first-order valence-electron chi connectivity index (χ1n) is 20.7. The van der Waals surface area contributed by atoms with Crippen LogP contribution in [0.3, 0.4) is 0 Å². The van der Waals surface area contributed by atoms with Crippen LogP contribution in [-0.2, 0) is 13.6 Å². The maximum Gasteiger partial charge on any atom is 0.192 e. The van der Waals surface area contributed by atoms with Crippen LogP contribution in [-0.4, -0.2) is 45.8 Å². The van der Waals surface area contributed by atoms with Gasteiger partial charge in [-0.1, -0.05) is 112 Å². The van der Waals surface area contributed by atoms with E-state index < -0.39 is 28.2 Å². The number of Topliss-reactive ketones (excluding diaryl/α,β-unsaturated/α-hetero) is 1. The zero-order valence-corrected chi connectivity index (χ0v) is 37.6. The lowest BCUT2D eigenvalue weighted by Crippen LogP contribution is -2.49. The van der Waals surface area contributed by atoms with Gasteiger partial charge in [0.15, 0.2) is 16.6 Å². The normalized spacial score (nSPS) is 31.4. The largest absolute Gasteiger partial charge is 0.413 e. The van der Waals surface area contributed by atoms with Gasteiger partial charge in [-0.05, 0) is 128 Å². The molecular formula is C45H78O4Si2. The van der Waals surface area contributed by atoms with Crippen molar-refractivity contribution in [2.75, 3.05) is 0 Å². The third kappa shape index (κ3) is 9.09. The van der Waals surface area contributed by atoms with Crippen molar-refractivity contribution in [2.45, 2.75) is 201 Å². The molecule has 0 heterocycles. The molecule has 6 heteroatoms. The molecule has 4 saturated carbocycles. The molecule has 0 spiro atoms. The Bertz CT molecular complexity index is 1360. The highest BCUT2D eigenvalue weighted by Gasteiger charge is 2.55. The second-order valence-corrected chi connectivity index (χ2v) is 30.6. The highest BCUT2D eigenvalue weighted by atomic mass is 28.4. The quantitative estimate of drug-likeness (QED) is 0.151. The number of aliphatic hydroxyl groups excluding tert-OH is 1. The fourth-order valence-electron chi connectivity index (χ4n) is 9.33. The fourth-order valence-corrected chi connectivity index (χ4v) is 12.0. The molecule has 0 aromatic rings. The maximum absolute atomic E-state index is 13.0. The Balaban J connectivity index is 1.57. The molecule has 4 rings (SSSR count). The minimum absolute atomic E-state index is 0.00815. The van der Waals surface area contributed by atoms with Crippen molar-refractivity contribution >= 4 is 22.4 Å². The minimum Gasteiger partial charge on any atom is -0.413 e. The average molecular weight is 739 g/mol. The molecule has 0 radical (unpaired) electrons.